The van der Waals surface area contributed by atoms with Crippen LogP contribution in [0.5, 0.6) is 5.75 Å². The highest BCUT2D eigenvalue weighted by Crippen LogP contribution is 2.36. The zero-order chi connectivity index (χ0) is 15.8. The van der Waals surface area contributed by atoms with Gasteiger partial charge in [-0.05, 0) is 31.2 Å². The van der Waals surface area contributed by atoms with Crippen molar-refractivity contribution in [3.63, 3.8) is 0 Å². The third kappa shape index (κ3) is 3.03. The van der Waals surface area contributed by atoms with Crippen molar-refractivity contribution in [1.82, 2.24) is 4.72 Å². The van der Waals surface area contributed by atoms with Gasteiger partial charge in [0.05, 0.1) is 17.1 Å². The van der Waals surface area contributed by atoms with E-state index in [-0.39, 0.29) is 22.8 Å². The Hall–Kier alpha value is -1.60. The Kier molecular flexibility index (Phi) is 4.25. The summed E-state index contributed by atoms with van der Waals surface area (Å²) in [5, 5.41) is 0. The van der Waals surface area contributed by atoms with Crippen molar-refractivity contribution in [3.8, 4) is 5.75 Å². The number of fused-ring (bicyclic) bond motifs is 1. The molecule has 1 amide bonds. The van der Waals surface area contributed by atoms with Crippen LogP contribution in [0.4, 0.5) is 5.69 Å². The van der Waals surface area contributed by atoms with E-state index < -0.39 is 10.0 Å². The van der Waals surface area contributed by atoms with E-state index in [0.29, 0.717) is 18.0 Å². The van der Waals surface area contributed by atoms with Crippen LogP contribution in [0.15, 0.2) is 23.1 Å². The molecule has 1 aliphatic rings. The smallest absolute Gasteiger partial charge is 0.240 e. The van der Waals surface area contributed by atoms with Gasteiger partial charge in [-0.2, -0.15) is 0 Å². The van der Waals surface area contributed by atoms with E-state index >= 15 is 0 Å². The molecule has 0 radical (unpaired) electrons. The third-order valence-corrected chi connectivity index (χ3v) is 4.98. The number of ether oxygens (including phenoxy) is 1. The molecule has 0 fully saturated rings. The van der Waals surface area contributed by atoms with Gasteiger partial charge in [0.25, 0.3) is 0 Å². The van der Waals surface area contributed by atoms with Crippen molar-refractivity contribution < 1.29 is 17.9 Å². The lowest BCUT2D eigenvalue weighted by molar-refractivity contribution is -0.117. The van der Waals surface area contributed by atoms with Gasteiger partial charge in [-0.3, -0.25) is 4.79 Å². The number of rotatable bonds is 3. The standard InChI is InChI=1S/C14H20N2O4S/c1-9(2)14-8-16(10(3)17)12-7-11(21(18,19)15-4)5-6-13(12)20-14/h5-7,9,14-15H,8H2,1-4H3. The molecule has 2 rings (SSSR count). The Morgan fingerprint density at radius 3 is 2.62 bits per heavy atom. The summed E-state index contributed by atoms with van der Waals surface area (Å²) in [6.07, 6.45) is -0.104. The molecule has 6 nitrogen and oxygen atoms in total. The lowest BCUT2D eigenvalue weighted by Gasteiger charge is -2.36. The number of benzene rings is 1. The van der Waals surface area contributed by atoms with Crippen LogP contribution in [-0.4, -0.2) is 34.0 Å². The number of carbonyl (C=O) groups excluding carboxylic acids is 1. The van der Waals surface area contributed by atoms with E-state index in [4.69, 9.17) is 4.74 Å². The molecule has 1 aliphatic heterocycles. The SMILES string of the molecule is CNS(=O)(=O)c1ccc2c(c1)N(C(C)=O)CC(C(C)C)O2. The minimum absolute atomic E-state index is 0.104. The molecular weight excluding hydrogens is 292 g/mol. The number of carbonyl (C=O) groups is 1. The monoisotopic (exact) mass is 312 g/mol. The molecule has 21 heavy (non-hydrogen) atoms. The Bertz CT molecular complexity index is 655. The van der Waals surface area contributed by atoms with Gasteiger partial charge in [-0.1, -0.05) is 13.8 Å². The lowest BCUT2D eigenvalue weighted by Crippen LogP contribution is -2.45. The van der Waals surface area contributed by atoms with E-state index in [1.165, 1.54) is 26.1 Å². The quantitative estimate of drug-likeness (QED) is 0.914. The minimum Gasteiger partial charge on any atom is -0.486 e. The second kappa shape index (κ2) is 5.65. The minimum atomic E-state index is -3.55. The molecule has 116 valence electrons. The number of anilines is 1. The van der Waals surface area contributed by atoms with Gasteiger partial charge in [-0.15, -0.1) is 0 Å². The summed E-state index contributed by atoms with van der Waals surface area (Å²) < 4.78 is 31.9. The third-order valence-electron chi connectivity index (χ3n) is 3.56. The van der Waals surface area contributed by atoms with Crippen LogP contribution in [0.25, 0.3) is 0 Å². The number of hydrogen-bond acceptors (Lipinski definition) is 4. The molecule has 0 saturated carbocycles. The van der Waals surface area contributed by atoms with Gasteiger partial charge in [-0.25, -0.2) is 13.1 Å². The van der Waals surface area contributed by atoms with Crippen LogP contribution >= 0.6 is 0 Å². The zero-order valence-corrected chi connectivity index (χ0v) is 13.4. The predicted molar refractivity (Wildman–Crippen MR) is 80.0 cm³/mol. The molecule has 0 aliphatic carbocycles. The fourth-order valence-electron chi connectivity index (χ4n) is 2.22. The van der Waals surface area contributed by atoms with Crippen LogP contribution < -0.4 is 14.4 Å². The van der Waals surface area contributed by atoms with Gasteiger partial charge in [0.1, 0.15) is 11.9 Å². The van der Waals surface area contributed by atoms with Crippen LogP contribution in [0.3, 0.4) is 0 Å². The summed E-state index contributed by atoms with van der Waals surface area (Å²) >= 11 is 0. The molecule has 0 spiro atoms. The van der Waals surface area contributed by atoms with E-state index in [0.717, 1.165) is 0 Å². The van der Waals surface area contributed by atoms with E-state index in [9.17, 15) is 13.2 Å². The summed E-state index contributed by atoms with van der Waals surface area (Å²) in [5.41, 5.74) is 0.496. The number of nitrogens with one attached hydrogen (secondary N) is 1. The maximum atomic E-state index is 11.9. The lowest BCUT2D eigenvalue weighted by atomic mass is 10.0. The first-order valence-electron chi connectivity index (χ1n) is 6.78. The van der Waals surface area contributed by atoms with Gasteiger partial charge in [0, 0.05) is 6.92 Å². The van der Waals surface area contributed by atoms with Crippen LogP contribution in [0, 0.1) is 5.92 Å². The van der Waals surface area contributed by atoms with E-state index in [2.05, 4.69) is 4.72 Å². The van der Waals surface area contributed by atoms with Gasteiger partial charge < -0.3 is 9.64 Å². The Balaban J connectivity index is 2.51. The van der Waals surface area contributed by atoms with Crippen LogP contribution in [-0.2, 0) is 14.8 Å². The number of sulfonamides is 1. The molecular formula is C14H20N2O4S. The van der Waals surface area contributed by atoms with E-state index in [1.807, 2.05) is 13.8 Å². The number of hydrogen-bond donors (Lipinski definition) is 1. The molecule has 1 heterocycles. The molecule has 1 atom stereocenters. The summed E-state index contributed by atoms with van der Waals surface area (Å²) in [7, 11) is -2.20. The van der Waals surface area contributed by atoms with Crippen molar-refractivity contribution in [2.45, 2.75) is 31.8 Å². The summed E-state index contributed by atoms with van der Waals surface area (Å²) in [4.78, 5) is 13.5. The van der Waals surface area contributed by atoms with Crippen molar-refractivity contribution in [2.75, 3.05) is 18.5 Å². The summed E-state index contributed by atoms with van der Waals surface area (Å²) in [5.74, 6) is 0.648. The summed E-state index contributed by atoms with van der Waals surface area (Å²) in [6, 6.07) is 4.55. The topological polar surface area (TPSA) is 75.7 Å². The first kappa shape index (κ1) is 15.8. The molecule has 1 aromatic rings. The average molecular weight is 312 g/mol. The fraction of sp³-hybridized carbons (Fsp3) is 0.500. The molecule has 1 unspecified atom stereocenters. The van der Waals surface area contributed by atoms with Crippen LogP contribution in [0.1, 0.15) is 20.8 Å². The zero-order valence-electron chi connectivity index (χ0n) is 12.6. The maximum Gasteiger partial charge on any atom is 0.240 e. The molecule has 1 aromatic carbocycles. The maximum absolute atomic E-state index is 11.9. The Labute approximate surface area is 125 Å². The second-order valence-electron chi connectivity index (χ2n) is 5.37. The van der Waals surface area contributed by atoms with Crippen molar-refractivity contribution in [1.29, 1.82) is 0 Å². The molecule has 7 heteroatoms. The van der Waals surface area contributed by atoms with Crippen molar-refractivity contribution in [3.05, 3.63) is 18.2 Å². The molecule has 0 bridgehead atoms. The Morgan fingerprint density at radius 1 is 1.43 bits per heavy atom. The first-order chi connectivity index (χ1) is 9.76. The Morgan fingerprint density at radius 2 is 2.10 bits per heavy atom. The highest BCUT2D eigenvalue weighted by molar-refractivity contribution is 7.89. The second-order valence-corrected chi connectivity index (χ2v) is 7.25. The normalized spacial score (nSPS) is 18.3. The summed E-state index contributed by atoms with van der Waals surface area (Å²) in [6.45, 7) is 5.93. The predicted octanol–water partition coefficient (Wildman–Crippen LogP) is 1.36. The first-order valence-corrected chi connectivity index (χ1v) is 8.27. The molecule has 0 aromatic heterocycles. The molecule has 0 saturated heterocycles. The number of nitrogens with zero attached hydrogens (tertiary/aromatic N) is 1. The van der Waals surface area contributed by atoms with Crippen molar-refractivity contribution >= 4 is 21.6 Å². The van der Waals surface area contributed by atoms with Gasteiger partial charge >= 0.3 is 0 Å². The van der Waals surface area contributed by atoms with Gasteiger partial charge in [0.2, 0.25) is 15.9 Å². The largest absolute Gasteiger partial charge is 0.486 e. The van der Waals surface area contributed by atoms with Crippen LogP contribution in [0.2, 0.25) is 0 Å². The highest BCUT2D eigenvalue weighted by Gasteiger charge is 2.31. The fourth-order valence-corrected chi connectivity index (χ4v) is 2.97. The average Bonchev–Trinajstić information content (AvgIpc) is 2.45. The number of amides is 1. The van der Waals surface area contributed by atoms with Gasteiger partial charge in [0.15, 0.2) is 0 Å². The van der Waals surface area contributed by atoms with Crippen molar-refractivity contribution in [2.24, 2.45) is 5.92 Å². The van der Waals surface area contributed by atoms with E-state index in [1.54, 1.807) is 11.0 Å². The highest BCUT2D eigenvalue weighted by atomic mass is 32.2. The molecule has 1 N–H and O–H groups in total.